The number of aromatic nitrogens is 1. The van der Waals surface area contributed by atoms with Crippen molar-refractivity contribution >= 4 is 17.6 Å². The smallest absolute Gasteiger partial charge is 0.305 e. The molecule has 0 saturated carbocycles. The number of hydrogen-bond donors (Lipinski definition) is 1. The normalized spacial score (nSPS) is 10.3. The van der Waals surface area contributed by atoms with Gasteiger partial charge >= 0.3 is 5.97 Å². The topological polar surface area (TPSA) is 70.5 Å². The molecule has 0 unspecified atom stereocenters. The molecule has 0 aliphatic heterocycles. The highest BCUT2D eigenvalue weighted by molar-refractivity contribution is 6.06. The van der Waals surface area contributed by atoms with E-state index in [1.807, 2.05) is 32.0 Å². The number of rotatable bonds is 5. The third-order valence-electron chi connectivity index (χ3n) is 3.24. The van der Waals surface area contributed by atoms with Gasteiger partial charge in [-0.15, -0.1) is 0 Å². The summed E-state index contributed by atoms with van der Waals surface area (Å²) in [6.45, 7) is 4.02. The van der Waals surface area contributed by atoms with Crippen LogP contribution in [0, 0.1) is 13.8 Å². The minimum absolute atomic E-state index is 0.107. The number of aryl methyl sites for hydroxylation is 2. The molecule has 1 heterocycles. The first-order chi connectivity index (χ1) is 10.5. The molecule has 0 bridgehead atoms. The van der Waals surface area contributed by atoms with Crippen LogP contribution in [0.2, 0.25) is 0 Å². The lowest BCUT2D eigenvalue weighted by Crippen LogP contribution is -2.33. The van der Waals surface area contributed by atoms with Gasteiger partial charge in [-0.05, 0) is 49.2 Å². The maximum atomic E-state index is 12.7. The summed E-state index contributed by atoms with van der Waals surface area (Å²) < 4.78 is 0. The van der Waals surface area contributed by atoms with Gasteiger partial charge in [-0.1, -0.05) is 6.07 Å². The van der Waals surface area contributed by atoms with E-state index >= 15 is 0 Å². The Morgan fingerprint density at radius 3 is 2.23 bits per heavy atom. The van der Waals surface area contributed by atoms with Crippen LogP contribution < -0.4 is 4.90 Å². The molecule has 0 aliphatic rings. The van der Waals surface area contributed by atoms with Crippen LogP contribution in [0.3, 0.4) is 0 Å². The summed E-state index contributed by atoms with van der Waals surface area (Å²) in [5.41, 5.74) is 3.25. The van der Waals surface area contributed by atoms with Crippen molar-refractivity contribution in [3.63, 3.8) is 0 Å². The number of carboxylic acids is 1. The van der Waals surface area contributed by atoms with Crippen molar-refractivity contribution in [2.24, 2.45) is 0 Å². The summed E-state index contributed by atoms with van der Waals surface area (Å²) >= 11 is 0. The first kappa shape index (κ1) is 15.7. The minimum atomic E-state index is -0.933. The van der Waals surface area contributed by atoms with Crippen LogP contribution in [0.25, 0.3) is 0 Å². The van der Waals surface area contributed by atoms with Crippen molar-refractivity contribution in [2.45, 2.75) is 20.3 Å². The van der Waals surface area contributed by atoms with Gasteiger partial charge in [-0.25, -0.2) is 0 Å². The average molecular weight is 298 g/mol. The molecule has 0 aliphatic carbocycles. The molecule has 1 amide bonds. The van der Waals surface area contributed by atoms with E-state index in [-0.39, 0.29) is 18.9 Å². The molecule has 5 nitrogen and oxygen atoms in total. The lowest BCUT2D eigenvalue weighted by atomic mass is 10.1. The van der Waals surface area contributed by atoms with Crippen LogP contribution in [0.5, 0.6) is 0 Å². The van der Waals surface area contributed by atoms with Crippen molar-refractivity contribution < 1.29 is 14.7 Å². The monoisotopic (exact) mass is 298 g/mol. The van der Waals surface area contributed by atoms with E-state index in [1.54, 1.807) is 24.5 Å². The second-order valence-corrected chi connectivity index (χ2v) is 5.18. The first-order valence-electron chi connectivity index (χ1n) is 6.99. The van der Waals surface area contributed by atoms with E-state index in [4.69, 9.17) is 5.11 Å². The van der Waals surface area contributed by atoms with Gasteiger partial charge in [0, 0.05) is 30.2 Å². The summed E-state index contributed by atoms with van der Waals surface area (Å²) in [7, 11) is 0. The maximum absolute atomic E-state index is 12.7. The first-order valence-corrected chi connectivity index (χ1v) is 6.99. The number of benzene rings is 1. The molecule has 0 saturated heterocycles. The highest BCUT2D eigenvalue weighted by atomic mass is 16.4. The Labute approximate surface area is 129 Å². The van der Waals surface area contributed by atoms with E-state index < -0.39 is 5.97 Å². The summed E-state index contributed by atoms with van der Waals surface area (Å²) in [5.74, 6) is -1.16. The number of carbonyl (C=O) groups excluding carboxylic acids is 1. The number of nitrogens with zero attached hydrogens (tertiary/aromatic N) is 2. The number of hydrogen-bond acceptors (Lipinski definition) is 3. The van der Waals surface area contributed by atoms with E-state index in [0.29, 0.717) is 11.3 Å². The quantitative estimate of drug-likeness (QED) is 0.921. The fourth-order valence-electron chi connectivity index (χ4n) is 2.31. The molecule has 2 aromatic rings. The number of carbonyl (C=O) groups is 2. The van der Waals surface area contributed by atoms with Crippen LogP contribution in [-0.2, 0) is 4.79 Å². The second kappa shape index (κ2) is 6.85. The Morgan fingerprint density at radius 1 is 1.09 bits per heavy atom. The van der Waals surface area contributed by atoms with Crippen molar-refractivity contribution in [3.8, 4) is 0 Å². The van der Waals surface area contributed by atoms with Gasteiger partial charge in [-0.3, -0.25) is 14.6 Å². The van der Waals surface area contributed by atoms with E-state index in [0.717, 1.165) is 11.1 Å². The molecule has 114 valence electrons. The van der Waals surface area contributed by atoms with Gasteiger partial charge in [0.2, 0.25) is 0 Å². The van der Waals surface area contributed by atoms with Gasteiger partial charge in [0.1, 0.15) is 0 Å². The fraction of sp³-hybridized carbons (Fsp3) is 0.235. The largest absolute Gasteiger partial charge is 0.481 e. The summed E-state index contributed by atoms with van der Waals surface area (Å²) in [6, 6.07) is 9.02. The predicted octanol–water partition coefficient (Wildman–Crippen LogP) is 2.82. The molecule has 0 spiro atoms. The predicted molar refractivity (Wildman–Crippen MR) is 84.1 cm³/mol. The Kier molecular flexibility index (Phi) is 4.88. The van der Waals surface area contributed by atoms with E-state index in [9.17, 15) is 9.59 Å². The molecule has 0 radical (unpaired) electrons. The Balaban J connectivity index is 2.37. The molecule has 1 aromatic heterocycles. The standard InChI is InChI=1S/C17H18N2O3/c1-12-9-13(2)11-15(10-12)19(8-5-16(20)21)17(22)14-3-6-18-7-4-14/h3-4,6-7,9-11H,5,8H2,1-2H3,(H,20,21). The van der Waals surface area contributed by atoms with Crippen molar-refractivity contribution in [3.05, 3.63) is 59.4 Å². The molecule has 0 atom stereocenters. The summed E-state index contributed by atoms with van der Waals surface area (Å²) in [5, 5.41) is 8.92. The van der Waals surface area contributed by atoms with Crippen LogP contribution >= 0.6 is 0 Å². The fourth-order valence-corrected chi connectivity index (χ4v) is 2.31. The molecular formula is C17H18N2O3. The molecule has 2 rings (SSSR count). The lowest BCUT2D eigenvalue weighted by Gasteiger charge is -2.23. The average Bonchev–Trinajstić information content (AvgIpc) is 2.47. The SMILES string of the molecule is Cc1cc(C)cc(N(CCC(=O)O)C(=O)c2ccncc2)c1. The van der Waals surface area contributed by atoms with E-state index in [1.165, 1.54) is 4.90 Å². The molecule has 1 N–H and O–H groups in total. The van der Waals surface area contributed by atoms with Gasteiger partial charge in [-0.2, -0.15) is 0 Å². The number of pyridine rings is 1. The summed E-state index contributed by atoms with van der Waals surface area (Å²) in [6.07, 6.45) is 2.98. The van der Waals surface area contributed by atoms with Crippen molar-refractivity contribution in [1.82, 2.24) is 4.98 Å². The summed E-state index contributed by atoms with van der Waals surface area (Å²) in [4.78, 5) is 29.0. The van der Waals surface area contributed by atoms with Crippen LogP contribution in [0.1, 0.15) is 27.9 Å². The third kappa shape index (κ3) is 3.91. The molecule has 0 fully saturated rings. The Morgan fingerprint density at radius 2 is 1.68 bits per heavy atom. The third-order valence-corrected chi connectivity index (χ3v) is 3.24. The second-order valence-electron chi connectivity index (χ2n) is 5.18. The van der Waals surface area contributed by atoms with Gasteiger partial charge in [0.25, 0.3) is 5.91 Å². The zero-order chi connectivity index (χ0) is 16.1. The minimum Gasteiger partial charge on any atom is -0.481 e. The molecule has 5 heteroatoms. The van der Waals surface area contributed by atoms with Crippen LogP contribution in [-0.4, -0.2) is 28.5 Å². The Bertz CT molecular complexity index is 663. The highest BCUT2D eigenvalue weighted by Crippen LogP contribution is 2.21. The number of aliphatic carboxylic acids is 1. The zero-order valence-corrected chi connectivity index (χ0v) is 12.6. The lowest BCUT2D eigenvalue weighted by molar-refractivity contribution is -0.136. The molecule has 1 aromatic carbocycles. The van der Waals surface area contributed by atoms with Crippen molar-refractivity contribution in [1.29, 1.82) is 0 Å². The maximum Gasteiger partial charge on any atom is 0.305 e. The molecular weight excluding hydrogens is 280 g/mol. The van der Waals surface area contributed by atoms with Crippen LogP contribution in [0.15, 0.2) is 42.7 Å². The zero-order valence-electron chi connectivity index (χ0n) is 12.6. The van der Waals surface area contributed by atoms with Crippen LogP contribution in [0.4, 0.5) is 5.69 Å². The number of amides is 1. The number of anilines is 1. The van der Waals surface area contributed by atoms with Gasteiger partial charge < -0.3 is 10.0 Å². The Hall–Kier alpha value is -2.69. The van der Waals surface area contributed by atoms with Crippen molar-refractivity contribution in [2.75, 3.05) is 11.4 Å². The highest BCUT2D eigenvalue weighted by Gasteiger charge is 2.19. The van der Waals surface area contributed by atoms with Gasteiger partial charge in [0.15, 0.2) is 0 Å². The molecule has 22 heavy (non-hydrogen) atoms. The van der Waals surface area contributed by atoms with Gasteiger partial charge in [0.05, 0.1) is 6.42 Å². The van der Waals surface area contributed by atoms with E-state index in [2.05, 4.69) is 4.98 Å². The number of carboxylic acid groups (broad SMARTS) is 1.